The topological polar surface area (TPSA) is 70.8 Å². The van der Waals surface area contributed by atoms with Gasteiger partial charge in [-0.3, -0.25) is 9.69 Å². The van der Waals surface area contributed by atoms with Gasteiger partial charge in [0.1, 0.15) is 0 Å². The van der Waals surface area contributed by atoms with Crippen LogP contribution in [-0.4, -0.2) is 60.1 Å². The van der Waals surface area contributed by atoms with Gasteiger partial charge < -0.3 is 14.9 Å². The number of carbonyl (C=O) groups excluding carboxylic acids is 1. The largest absolute Gasteiger partial charge is 0.384 e. The van der Waals surface area contributed by atoms with E-state index in [-0.39, 0.29) is 11.9 Å². The predicted molar refractivity (Wildman–Crippen MR) is 157 cm³/mol. The zero-order valence-electron chi connectivity index (χ0n) is 22.6. The number of hydrogen-bond donors (Lipinski definition) is 1. The number of hydrogen-bond acceptors (Lipinski definition) is 5. The molecule has 2 atom stereocenters. The van der Waals surface area contributed by atoms with Gasteiger partial charge in [-0.1, -0.05) is 47.5 Å². The highest BCUT2D eigenvalue weighted by Crippen LogP contribution is 2.37. The summed E-state index contributed by atoms with van der Waals surface area (Å²) in [4.78, 5) is 19.2. The van der Waals surface area contributed by atoms with Crippen molar-refractivity contribution < 1.29 is 9.90 Å². The van der Waals surface area contributed by atoms with Crippen LogP contribution in [0.3, 0.4) is 0 Å². The maximum absolute atomic E-state index is 12.9. The summed E-state index contributed by atoms with van der Waals surface area (Å²) in [6.45, 7) is 9.41. The first-order valence-electron chi connectivity index (χ1n) is 13.2. The number of halogens is 2. The van der Waals surface area contributed by atoms with E-state index in [2.05, 4.69) is 15.9 Å². The highest BCUT2D eigenvalue weighted by atomic mass is 35.5. The molecule has 1 saturated heterocycles. The van der Waals surface area contributed by atoms with E-state index in [4.69, 9.17) is 23.2 Å². The Morgan fingerprint density at radius 3 is 2.44 bits per heavy atom. The third-order valence-corrected chi connectivity index (χ3v) is 7.97. The van der Waals surface area contributed by atoms with Gasteiger partial charge in [0.25, 0.3) is 5.91 Å². The van der Waals surface area contributed by atoms with Crippen molar-refractivity contribution >= 4 is 34.8 Å². The minimum absolute atomic E-state index is 0.0339. The summed E-state index contributed by atoms with van der Waals surface area (Å²) in [6, 6.07) is 22.6. The Morgan fingerprint density at radius 2 is 1.79 bits per heavy atom. The Kier molecular flexibility index (Phi) is 9.19. The number of carbonyl (C=O) groups is 1. The third kappa shape index (κ3) is 6.57. The van der Waals surface area contributed by atoms with Crippen molar-refractivity contribution in [2.24, 2.45) is 0 Å². The number of nitrogens with zero attached hydrogens (tertiary/aromatic N) is 4. The molecule has 0 saturated carbocycles. The highest BCUT2D eigenvalue weighted by Gasteiger charge is 2.34. The molecule has 204 valence electrons. The molecule has 0 radical (unpaired) electrons. The van der Waals surface area contributed by atoms with E-state index in [0.717, 1.165) is 11.3 Å². The fourth-order valence-electron chi connectivity index (χ4n) is 5.26. The summed E-state index contributed by atoms with van der Waals surface area (Å²) in [7, 11) is 0. The molecule has 4 rings (SSSR count). The van der Waals surface area contributed by atoms with Crippen molar-refractivity contribution in [1.82, 2.24) is 9.80 Å². The van der Waals surface area contributed by atoms with E-state index in [1.807, 2.05) is 62.4 Å². The second-order valence-corrected chi connectivity index (χ2v) is 10.9. The first-order valence-corrected chi connectivity index (χ1v) is 14.0. The Labute approximate surface area is 241 Å². The summed E-state index contributed by atoms with van der Waals surface area (Å²) in [6.07, 6.45) is 0. The lowest BCUT2D eigenvalue weighted by Crippen LogP contribution is -2.52. The summed E-state index contributed by atoms with van der Waals surface area (Å²) in [5.74, 6) is -0.0339. The lowest BCUT2D eigenvalue weighted by atomic mass is 9.92. The first-order chi connectivity index (χ1) is 18.7. The molecule has 1 aliphatic rings. The molecule has 3 aromatic rings. The summed E-state index contributed by atoms with van der Waals surface area (Å²) in [5, 5.41) is 22.1. The van der Waals surface area contributed by atoms with Crippen LogP contribution in [0.2, 0.25) is 10.0 Å². The van der Waals surface area contributed by atoms with Gasteiger partial charge >= 0.3 is 0 Å². The van der Waals surface area contributed by atoms with Gasteiger partial charge in [-0.05, 0) is 74.4 Å². The monoisotopic (exact) mass is 564 g/mol. The number of β-amino-alcohol motifs (C(OH)–C–C–N with tert-alkyl or cyclic N) is 1. The fourth-order valence-corrected chi connectivity index (χ4v) is 5.67. The molecule has 0 aliphatic carbocycles. The summed E-state index contributed by atoms with van der Waals surface area (Å²) >= 11 is 12.8. The van der Waals surface area contributed by atoms with E-state index in [1.165, 1.54) is 0 Å². The minimum atomic E-state index is -1.17. The van der Waals surface area contributed by atoms with Gasteiger partial charge in [0.2, 0.25) is 0 Å². The number of rotatable bonds is 8. The van der Waals surface area contributed by atoms with Crippen LogP contribution >= 0.6 is 23.2 Å². The molecule has 39 heavy (non-hydrogen) atoms. The molecule has 0 spiro atoms. The van der Waals surface area contributed by atoms with Crippen LogP contribution in [0.1, 0.15) is 53.9 Å². The molecule has 1 heterocycles. The van der Waals surface area contributed by atoms with E-state index in [0.29, 0.717) is 66.0 Å². The Morgan fingerprint density at radius 1 is 1.08 bits per heavy atom. The second-order valence-electron chi connectivity index (χ2n) is 10.1. The molecule has 1 fully saturated rings. The molecule has 3 aromatic carbocycles. The maximum atomic E-state index is 12.9. The van der Waals surface area contributed by atoms with Crippen LogP contribution in [0.4, 0.5) is 5.69 Å². The number of aliphatic hydroxyl groups is 1. The normalized spacial score (nSPS) is 17.4. The second kappa shape index (κ2) is 12.4. The van der Waals surface area contributed by atoms with Crippen molar-refractivity contribution in [2.45, 2.75) is 32.4 Å². The molecule has 6 nitrogen and oxygen atoms in total. The average molecular weight is 566 g/mol. The van der Waals surface area contributed by atoms with E-state index < -0.39 is 5.60 Å². The van der Waals surface area contributed by atoms with Crippen molar-refractivity contribution in [3.63, 3.8) is 0 Å². The molecule has 0 bridgehead atoms. The minimum Gasteiger partial charge on any atom is -0.384 e. The molecule has 1 N–H and O–H groups in total. The van der Waals surface area contributed by atoms with Gasteiger partial charge in [-0.2, -0.15) is 5.26 Å². The van der Waals surface area contributed by atoms with Gasteiger partial charge in [0.15, 0.2) is 0 Å². The Balaban J connectivity index is 1.59. The highest BCUT2D eigenvalue weighted by molar-refractivity contribution is 6.33. The quantitative estimate of drug-likeness (QED) is 0.357. The van der Waals surface area contributed by atoms with E-state index in [9.17, 15) is 15.2 Å². The van der Waals surface area contributed by atoms with Crippen molar-refractivity contribution in [3.8, 4) is 6.07 Å². The van der Waals surface area contributed by atoms with Crippen LogP contribution in [0.25, 0.3) is 0 Å². The summed E-state index contributed by atoms with van der Waals surface area (Å²) in [5.41, 5.74) is 2.58. The van der Waals surface area contributed by atoms with Gasteiger partial charge in [0.05, 0.1) is 34.0 Å². The number of anilines is 1. The summed E-state index contributed by atoms with van der Waals surface area (Å²) < 4.78 is 0. The smallest absolute Gasteiger partial charge is 0.253 e. The molecule has 1 unspecified atom stereocenters. The molecule has 1 amide bonds. The molecule has 8 heteroatoms. The van der Waals surface area contributed by atoms with Crippen molar-refractivity contribution in [3.05, 3.63) is 99.0 Å². The first kappa shape index (κ1) is 28.9. The van der Waals surface area contributed by atoms with E-state index >= 15 is 0 Å². The maximum Gasteiger partial charge on any atom is 0.253 e. The molecule has 0 aromatic heterocycles. The van der Waals surface area contributed by atoms with Crippen LogP contribution in [-0.2, 0) is 5.60 Å². The molecule has 1 aliphatic heterocycles. The number of benzene rings is 3. The van der Waals surface area contributed by atoms with E-state index in [1.54, 1.807) is 30.0 Å². The fraction of sp³-hybridized carbons (Fsp3) is 0.355. The number of amides is 1. The SMILES string of the molecule is CCN(CC)C(=O)c1cccc([C@](C)(O)CN2CCN(c3ccc(C#N)cc3Cl)C(c3ccc(Cl)cc3)C2)c1. The van der Waals surface area contributed by atoms with Crippen LogP contribution in [0.5, 0.6) is 0 Å². The van der Waals surface area contributed by atoms with Gasteiger partial charge in [-0.25, -0.2) is 0 Å². The molecular weight excluding hydrogens is 531 g/mol. The average Bonchev–Trinajstić information content (AvgIpc) is 2.94. The van der Waals surface area contributed by atoms with Crippen molar-refractivity contribution in [2.75, 3.05) is 44.2 Å². The lowest BCUT2D eigenvalue weighted by molar-refractivity contribution is 0.0102. The Hall–Kier alpha value is -3.08. The standard InChI is InChI=1S/C31H34Cl2N4O2/c1-4-36(5-2)30(38)24-7-6-8-25(18-24)31(3,39)21-35-15-16-37(28-14-9-22(19-34)17-27(28)33)29(20-35)23-10-12-26(32)13-11-23/h6-14,17-18,29,39H,4-5,15-16,20-21H2,1-3H3/t29?,31-/m1/s1. The lowest BCUT2D eigenvalue weighted by Gasteiger charge is -2.45. The zero-order chi connectivity index (χ0) is 28.2. The van der Waals surface area contributed by atoms with Crippen LogP contribution in [0.15, 0.2) is 66.7 Å². The zero-order valence-corrected chi connectivity index (χ0v) is 24.1. The molecular formula is C31H34Cl2N4O2. The van der Waals surface area contributed by atoms with Crippen molar-refractivity contribution in [1.29, 1.82) is 5.26 Å². The van der Waals surface area contributed by atoms with Gasteiger partial charge in [-0.15, -0.1) is 0 Å². The third-order valence-electron chi connectivity index (χ3n) is 7.42. The Bertz CT molecular complexity index is 1350. The van der Waals surface area contributed by atoms with Crippen LogP contribution in [0, 0.1) is 11.3 Å². The number of nitriles is 1. The predicted octanol–water partition coefficient (Wildman–Crippen LogP) is 6.12. The van der Waals surface area contributed by atoms with Crippen LogP contribution < -0.4 is 4.90 Å². The number of piperazine rings is 1. The van der Waals surface area contributed by atoms with Gasteiger partial charge in [0, 0.05) is 49.9 Å².